The summed E-state index contributed by atoms with van der Waals surface area (Å²) < 4.78 is 19.0. The lowest BCUT2D eigenvalue weighted by atomic mass is 10.1. The molecule has 0 amide bonds. The molecule has 3 rings (SSSR count). The molecule has 0 atom stereocenters. The summed E-state index contributed by atoms with van der Waals surface area (Å²) in [6.45, 7) is 0. The van der Waals surface area contributed by atoms with Gasteiger partial charge in [0.1, 0.15) is 5.76 Å². The molecule has 84 valence electrons. The fourth-order valence-electron chi connectivity index (χ4n) is 1.86. The van der Waals surface area contributed by atoms with E-state index in [9.17, 15) is 4.39 Å². The quantitative estimate of drug-likeness (QED) is 0.642. The first-order valence-electron chi connectivity index (χ1n) is 5.28. The van der Waals surface area contributed by atoms with Crippen molar-refractivity contribution in [3.63, 3.8) is 0 Å². The molecule has 2 nitrogen and oxygen atoms in total. The van der Waals surface area contributed by atoms with Crippen molar-refractivity contribution in [3.8, 4) is 11.3 Å². The molecule has 0 radical (unpaired) electrons. The number of nitrogen functional groups attached to an aromatic ring is 1. The lowest BCUT2D eigenvalue weighted by Gasteiger charge is -1.97. The van der Waals surface area contributed by atoms with Crippen molar-refractivity contribution in [1.29, 1.82) is 0 Å². The Kier molecular flexibility index (Phi) is 2.11. The van der Waals surface area contributed by atoms with Crippen LogP contribution in [0.1, 0.15) is 0 Å². The second-order valence-electron chi connectivity index (χ2n) is 3.89. The minimum atomic E-state index is -0.349. The molecule has 0 saturated carbocycles. The first kappa shape index (κ1) is 9.90. The van der Waals surface area contributed by atoms with E-state index in [4.69, 9.17) is 10.2 Å². The molecule has 2 aromatic carbocycles. The number of para-hydroxylation sites is 1. The van der Waals surface area contributed by atoms with Crippen molar-refractivity contribution >= 4 is 16.7 Å². The summed E-state index contributed by atoms with van der Waals surface area (Å²) in [4.78, 5) is 0. The highest BCUT2D eigenvalue weighted by atomic mass is 19.1. The second-order valence-corrected chi connectivity index (χ2v) is 3.89. The maximum absolute atomic E-state index is 13.5. The summed E-state index contributed by atoms with van der Waals surface area (Å²) in [5.41, 5.74) is 7.49. The van der Waals surface area contributed by atoms with Crippen LogP contribution < -0.4 is 5.73 Å². The molecule has 3 heteroatoms. The maximum Gasteiger partial charge on any atom is 0.170 e. The summed E-state index contributed by atoms with van der Waals surface area (Å²) >= 11 is 0. The van der Waals surface area contributed by atoms with Gasteiger partial charge in [0.2, 0.25) is 0 Å². The first-order valence-corrected chi connectivity index (χ1v) is 5.28. The number of anilines is 1. The Bertz CT molecular complexity index is 688. The van der Waals surface area contributed by atoms with Crippen LogP contribution in [0.2, 0.25) is 0 Å². The average molecular weight is 227 g/mol. The molecule has 17 heavy (non-hydrogen) atoms. The predicted octanol–water partition coefficient (Wildman–Crippen LogP) is 3.82. The van der Waals surface area contributed by atoms with E-state index in [0.717, 1.165) is 10.9 Å². The molecule has 0 spiro atoms. The summed E-state index contributed by atoms with van der Waals surface area (Å²) in [7, 11) is 0. The summed E-state index contributed by atoms with van der Waals surface area (Å²) in [5.74, 6) is 0.273. The van der Waals surface area contributed by atoms with Gasteiger partial charge in [-0.2, -0.15) is 0 Å². The lowest BCUT2D eigenvalue weighted by Crippen LogP contribution is -1.83. The highest BCUT2D eigenvalue weighted by Gasteiger charge is 2.09. The van der Waals surface area contributed by atoms with E-state index in [2.05, 4.69) is 0 Å². The van der Waals surface area contributed by atoms with Crippen molar-refractivity contribution in [1.82, 2.24) is 0 Å². The SMILES string of the molecule is Nc1cccc(-c2cc3cccc(F)c3o2)c1. The Morgan fingerprint density at radius 2 is 1.82 bits per heavy atom. The topological polar surface area (TPSA) is 39.2 Å². The minimum absolute atomic E-state index is 0.282. The molecule has 0 fully saturated rings. The Morgan fingerprint density at radius 1 is 1.00 bits per heavy atom. The molecule has 0 saturated heterocycles. The molecule has 0 aliphatic rings. The zero-order chi connectivity index (χ0) is 11.8. The fraction of sp³-hybridized carbons (Fsp3) is 0. The molecular weight excluding hydrogens is 217 g/mol. The van der Waals surface area contributed by atoms with Crippen LogP contribution in [0, 0.1) is 5.82 Å². The van der Waals surface area contributed by atoms with Gasteiger partial charge >= 0.3 is 0 Å². The van der Waals surface area contributed by atoms with Gasteiger partial charge in [-0.3, -0.25) is 0 Å². The number of fused-ring (bicyclic) bond motifs is 1. The number of hydrogen-bond donors (Lipinski definition) is 1. The second kappa shape index (κ2) is 3.63. The van der Waals surface area contributed by atoms with Gasteiger partial charge < -0.3 is 10.2 Å². The number of benzene rings is 2. The van der Waals surface area contributed by atoms with E-state index in [1.807, 2.05) is 24.3 Å². The summed E-state index contributed by atoms with van der Waals surface area (Å²) in [6.07, 6.45) is 0. The van der Waals surface area contributed by atoms with Gasteiger partial charge in [-0.1, -0.05) is 24.3 Å². The lowest BCUT2D eigenvalue weighted by molar-refractivity contribution is 0.569. The number of halogens is 1. The van der Waals surface area contributed by atoms with Crippen LogP contribution in [0.25, 0.3) is 22.3 Å². The number of rotatable bonds is 1. The molecule has 0 bridgehead atoms. The third-order valence-electron chi connectivity index (χ3n) is 2.67. The van der Waals surface area contributed by atoms with Gasteiger partial charge in [0.25, 0.3) is 0 Å². The van der Waals surface area contributed by atoms with Gasteiger partial charge in [0.05, 0.1) is 0 Å². The predicted molar refractivity (Wildman–Crippen MR) is 66.0 cm³/mol. The number of nitrogens with two attached hydrogens (primary N) is 1. The van der Waals surface area contributed by atoms with Crippen LogP contribution in [0.4, 0.5) is 10.1 Å². The van der Waals surface area contributed by atoms with E-state index in [-0.39, 0.29) is 11.4 Å². The zero-order valence-corrected chi connectivity index (χ0v) is 8.98. The summed E-state index contributed by atoms with van der Waals surface area (Å²) in [6, 6.07) is 14.0. The fourth-order valence-corrected chi connectivity index (χ4v) is 1.86. The van der Waals surface area contributed by atoms with Crippen molar-refractivity contribution in [3.05, 3.63) is 54.3 Å². The molecule has 2 N–H and O–H groups in total. The van der Waals surface area contributed by atoms with Crippen molar-refractivity contribution in [2.45, 2.75) is 0 Å². The minimum Gasteiger partial charge on any atom is -0.453 e. The van der Waals surface area contributed by atoms with Gasteiger partial charge in [-0.25, -0.2) is 4.39 Å². The van der Waals surface area contributed by atoms with Gasteiger partial charge in [-0.15, -0.1) is 0 Å². The van der Waals surface area contributed by atoms with Crippen molar-refractivity contribution < 1.29 is 8.81 Å². The molecule has 1 aromatic heterocycles. The highest BCUT2D eigenvalue weighted by molar-refractivity contribution is 5.83. The highest BCUT2D eigenvalue weighted by Crippen LogP contribution is 2.29. The first-order chi connectivity index (χ1) is 8.24. The monoisotopic (exact) mass is 227 g/mol. The Balaban J connectivity index is 2.22. The van der Waals surface area contributed by atoms with E-state index >= 15 is 0 Å². The van der Waals surface area contributed by atoms with Gasteiger partial charge in [0.15, 0.2) is 11.4 Å². The third kappa shape index (κ3) is 1.65. The summed E-state index contributed by atoms with van der Waals surface area (Å²) in [5, 5.41) is 0.752. The van der Waals surface area contributed by atoms with Crippen LogP contribution in [0.15, 0.2) is 52.9 Å². The van der Waals surface area contributed by atoms with E-state index in [0.29, 0.717) is 11.4 Å². The smallest absolute Gasteiger partial charge is 0.170 e. The van der Waals surface area contributed by atoms with E-state index < -0.39 is 0 Å². The van der Waals surface area contributed by atoms with Crippen LogP contribution >= 0.6 is 0 Å². The number of hydrogen-bond acceptors (Lipinski definition) is 2. The van der Waals surface area contributed by atoms with Crippen molar-refractivity contribution in [2.75, 3.05) is 5.73 Å². The molecule has 1 heterocycles. The molecule has 0 unspecified atom stereocenters. The molecular formula is C14H10FNO. The zero-order valence-electron chi connectivity index (χ0n) is 8.98. The normalized spacial score (nSPS) is 10.9. The maximum atomic E-state index is 13.5. The standard InChI is InChI=1S/C14H10FNO/c15-12-6-2-4-10-8-13(17-14(10)12)9-3-1-5-11(16)7-9/h1-8H,16H2. The van der Waals surface area contributed by atoms with Crippen LogP contribution in [0.5, 0.6) is 0 Å². The largest absolute Gasteiger partial charge is 0.453 e. The van der Waals surface area contributed by atoms with Crippen LogP contribution in [0.3, 0.4) is 0 Å². The third-order valence-corrected chi connectivity index (χ3v) is 2.67. The molecule has 0 aliphatic heterocycles. The van der Waals surface area contributed by atoms with Gasteiger partial charge in [-0.05, 0) is 24.3 Å². The van der Waals surface area contributed by atoms with Gasteiger partial charge in [0, 0.05) is 16.6 Å². The Morgan fingerprint density at radius 3 is 2.59 bits per heavy atom. The van der Waals surface area contributed by atoms with E-state index in [1.165, 1.54) is 6.07 Å². The van der Waals surface area contributed by atoms with Crippen molar-refractivity contribution in [2.24, 2.45) is 0 Å². The Labute approximate surface area is 97.5 Å². The average Bonchev–Trinajstić information content (AvgIpc) is 2.74. The van der Waals surface area contributed by atoms with Crippen LogP contribution in [-0.2, 0) is 0 Å². The van der Waals surface area contributed by atoms with E-state index in [1.54, 1.807) is 18.2 Å². The van der Waals surface area contributed by atoms with Crippen LogP contribution in [-0.4, -0.2) is 0 Å². The number of furan rings is 1. The Hall–Kier alpha value is -2.29. The molecule has 3 aromatic rings. The molecule has 0 aliphatic carbocycles.